The molecule has 0 heterocycles. The number of quaternary nitrogens is 1. The number of aliphatic hydroxyl groups excluding tert-OH is 1. The van der Waals surface area contributed by atoms with Crippen molar-refractivity contribution in [1.82, 2.24) is 0 Å². The van der Waals surface area contributed by atoms with Crippen LogP contribution in [-0.2, 0) is 0 Å². The molecule has 70 valence electrons. The predicted molar refractivity (Wildman–Crippen MR) is 45.8 cm³/mol. The molecule has 0 aliphatic rings. The van der Waals surface area contributed by atoms with Crippen LogP contribution in [0, 0.1) is 0 Å². The molecular weight excluding hydrogens is 142 g/mol. The Morgan fingerprint density at radius 3 is 2.09 bits per heavy atom. The van der Waals surface area contributed by atoms with Crippen LogP contribution >= 0.6 is 0 Å². The van der Waals surface area contributed by atoms with Crippen LogP contribution in [0.1, 0.15) is 20.3 Å². The zero-order valence-electron chi connectivity index (χ0n) is 8.04. The summed E-state index contributed by atoms with van der Waals surface area (Å²) in [5, 5.41) is 9.00. The first-order valence-electron chi connectivity index (χ1n) is 3.98. The maximum atomic E-state index is 9.00. The van der Waals surface area contributed by atoms with Crippen molar-refractivity contribution < 1.29 is 15.1 Å². The van der Waals surface area contributed by atoms with Crippen molar-refractivity contribution in [2.45, 2.75) is 26.4 Å². The van der Waals surface area contributed by atoms with E-state index in [9.17, 15) is 0 Å². The highest BCUT2D eigenvalue weighted by Gasteiger charge is 2.11. The van der Waals surface area contributed by atoms with E-state index in [-0.39, 0.29) is 11.6 Å². The SMILES string of the molecule is CC[N+](C)(C)CCC(C)O.[OH-]. The monoisotopic (exact) mass is 163 g/mol. The second kappa shape index (κ2) is 5.52. The summed E-state index contributed by atoms with van der Waals surface area (Å²) in [6, 6.07) is 0. The Labute approximate surface area is 69.5 Å². The number of nitrogens with zero attached hydrogens (tertiary/aromatic N) is 1. The number of rotatable bonds is 4. The van der Waals surface area contributed by atoms with E-state index >= 15 is 0 Å². The molecule has 0 spiro atoms. The third-order valence-corrected chi connectivity index (χ3v) is 2.01. The molecule has 0 aromatic heterocycles. The van der Waals surface area contributed by atoms with Gasteiger partial charge in [-0.25, -0.2) is 0 Å². The quantitative estimate of drug-likeness (QED) is 0.619. The van der Waals surface area contributed by atoms with Crippen molar-refractivity contribution in [3.63, 3.8) is 0 Å². The van der Waals surface area contributed by atoms with Crippen molar-refractivity contribution in [2.24, 2.45) is 0 Å². The Morgan fingerprint density at radius 2 is 1.82 bits per heavy atom. The molecule has 0 bridgehead atoms. The average Bonchev–Trinajstić information content (AvgIpc) is 1.85. The van der Waals surface area contributed by atoms with Crippen LogP contribution in [-0.4, -0.2) is 48.4 Å². The largest absolute Gasteiger partial charge is 0.870 e. The topological polar surface area (TPSA) is 50.2 Å². The molecule has 1 atom stereocenters. The number of hydrogen-bond donors (Lipinski definition) is 1. The minimum Gasteiger partial charge on any atom is -0.870 e. The summed E-state index contributed by atoms with van der Waals surface area (Å²) in [7, 11) is 4.37. The van der Waals surface area contributed by atoms with E-state index in [2.05, 4.69) is 21.0 Å². The fraction of sp³-hybridized carbons (Fsp3) is 1.00. The van der Waals surface area contributed by atoms with E-state index in [4.69, 9.17) is 5.11 Å². The lowest BCUT2D eigenvalue weighted by Crippen LogP contribution is -2.41. The summed E-state index contributed by atoms with van der Waals surface area (Å²) in [6.45, 7) is 6.21. The Bertz CT molecular complexity index is 92.1. The molecule has 0 fully saturated rings. The first-order chi connectivity index (χ1) is 4.48. The van der Waals surface area contributed by atoms with Crippen molar-refractivity contribution in [2.75, 3.05) is 27.2 Å². The van der Waals surface area contributed by atoms with Gasteiger partial charge in [0.05, 0.1) is 33.3 Å². The normalized spacial score (nSPS) is 13.9. The molecule has 0 amide bonds. The maximum absolute atomic E-state index is 9.00. The molecule has 3 nitrogen and oxygen atoms in total. The minimum absolute atomic E-state index is 0. The zero-order valence-corrected chi connectivity index (χ0v) is 8.04. The van der Waals surface area contributed by atoms with Gasteiger partial charge in [0.25, 0.3) is 0 Å². The lowest BCUT2D eigenvalue weighted by molar-refractivity contribution is -0.889. The molecule has 0 aromatic carbocycles. The highest BCUT2D eigenvalue weighted by Crippen LogP contribution is 2.00. The smallest absolute Gasteiger partial charge is 0.0807 e. The van der Waals surface area contributed by atoms with Crippen molar-refractivity contribution in [3.05, 3.63) is 0 Å². The number of aliphatic hydroxyl groups is 1. The molecule has 0 radical (unpaired) electrons. The fourth-order valence-electron chi connectivity index (χ4n) is 0.694. The lowest BCUT2D eigenvalue weighted by atomic mass is 10.2. The fourth-order valence-corrected chi connectivity index (χ4v) is 0.694. The van der Waals surface area contributed by atoms with Gasteiger partial charge in [0.2, 0.25) is 0 Å². The zero-order chi connectivity index (χ0) is 8.20. The van der Waals surface area contributed by atoms with Gasteiger partial charge in [-0.05, 0) is 13.8 Å². The van der Waals surface area contributed by atoms with E-state index in [0.29, 0.717) is 0 Å². The van der Waals surface area contributed by atoms with Gasteiger partial charge >= 0.3 is 0 Å². The third-order valence-electron chi connectivity index (χ3n) is 2.01. The lowest BCUT2D eigenvalue weighted by Gasteiger charge is -2.28. The van der Waals surface area contributed by atoms with E-state index in [1.54, 1.807) is 0 Å². The van der Waals surface area contributed by atoms with Gasteiger partial charge in [-0.3, -0.25) is 0 Å². The molecular formula is C8H21NO2. The second-order valence-electron chi connectivity index (χ2n) is 3.61. The summed E-state index contributed by atoms with van der Waals surface area (Å²) < 4.78 is 1.00. The first kappa shape index (κ1) is 13.5. The third kappa shape index (κ3) is 7.78. The van der Waals surface area contributed by atoms with Gasteiger partial charge in [-0.2, -0.15) is 0 Å². The van der Waals surface area contributed by atoms with Crippen LogP contribution in [0.15, 0.2) is 0 Å². The molecule has 0 aliphatic carbocycles. The highest BCUT2D eigenvalue weighted by atomic mass is 16.3. The molecule has 2 N–H and O–H groups in total. The summed E-state index contributed by atoms with van der Waals surface area (Å²) >= 11 is 0. The molecule has 11 heavy (non-hydrogen) atoms. The van der Waals surface area contributed by atoms with Crippen LogP contribution in [0.5, 0.6) is 0 Å². The Hall–Kier alpha value is -0.120. The molecule has 0 aromatic rings. The molecule has 3 heteroatoms. The van der Waals surface area contributed by atoms with Gasteiger partial charge in [0.1, 0.15) is 0 Å². The van der Waals surface area contributed by atoms with E-state index in [1.807, 2.05) is 6.92 Å². The van der Waals surface area contributed by atoms with E-state index < -0.39 is 0 Å². The van der Waals surface area contributed by atoms with Crippen molar-refractivity contribution in [3.8, 4) is 0 Å². The van der Waals surface area contributed by atoms with E-state index in [0.717, 1.165) is 24.0 Å². The Kier molecular flexibility index (Phi) is 6.76. The van der Waals surface area contributed by atoms with Gasteiger partial charge < -0.3 is 15.1 Å². The van der Waals surface area contributed by atoms with Crippen molar-refractivity contribution >= 4 is 0 Å². The first-order valence-corrected chi connectivity index (χ1v) is 3.98. The number of hydrogen-bond acceptors (Lipinski definition) is 2. The Morgan fingerprint density at radius 1 is 1.36 bits per heavy atom. The van der Waals surface area contributed by atoms with Crippen LogP contribution < -0.4 is 0 Å². The van der Waals surface area contributed by atoms with E-state index in [1.165, 1.54) is 0 Å². The summed E-state index contributed by atoms with van der Waals surface area (Å²) in [5.41, 5.74) is 0. The summed E-state index contributed by atoms with van der Waals surface area (Å²) in [4.78, 5) is 0. The highest BCUT2D eigenvalue weighted by molar-refractivity contribution is 4.44. The van der Waals surface area contributed by atoms with Gasteiger partial charge in [-0.1, -0.05) is 0 Å². The second-order valence-corrected chi connectivity index (χ2v) is 3.61. The predicted octanol–water partition coefficient (Wildman–Crippen LogP) is 0.677. The Balaban J connectivity index is 0. The van der Waals surface area contributed by atoms with Crippen LogP contribution in [0.25, 0.3) is 0 Å². The molecule has 0 rings (SSSR count). The van der Waals surface area contributed by atoms with Crippen LogP contribution in [0.3, 0.4) is 0 Å². The molecule has 0 aliphatic heterocycles. The van der Waals surface area contributed by atoms with Gasteiger partial charge in [0, 0.05) is 6.42 Å². The minimum atomic E-state index is -0.149. The van der Waals surface area contributed by atoms with Crippen molar-refractivity contribution in [1.29, 1.82) is 0 Å². The van der Waals surface area contributed by atoms with Gasteiger partial charge in [0.15, 0.2) is 0 Å². The average molecular weight is 163 g/mol. The maximum Gasteiger partial charge on any atom is 0.0807 e. The molecule has 0 saturated carbocycles. The summed E-state index contributed by atoms with van der Waals surface area (Å²) in [6.07, 6.45) is 0.754. The van der Waals surface area contributed by atoms with Gasteiger partial charge in [-0.15, -0.1) is 0 Å². The standard InChI is InChI=1S/C8H20NO.H2O/c1-5-9(3,4)7-6-8(2)10;/h8,10H,5-7H2,1-4H3;1H2/q+1;/p-1. The molecule has 0 saturated heterocycles. The van der Waals surface area contributed by atoms with Crippen LogP contribution in [0.2, 0.25) is 0 Å². The van der Waals surface area contributed by atoms with Crippen LogP contribution in [0.4, 0.5) is 0 Å². The summed E-state index contributed by atoms with van der Waals surface area (Å²) in [5.74, 6) is 0. The molecule has 1 unspecified atom stereocenters.